The van der Waals surface area contributed by atoms with Gasteiger partial charge in [0.2, 0.25) is 0 Å². The van der Waals surface area contributed by atoms with E-state index in [4.69, 9.17) is 4.18 Å². The van der Waals surface area contributed by atoms with Gasteiger partial charge in [-0.3, -0.25) is 0 Å². The molecule has 0 saturated carbocycles. The molecular weight excluding hydrogens is 104 g/mol. The quantitative estimate of drug-likeness (QED) is 0.342. The Morgan fingerprint density at radius 2 is 2.60 bits per heavy atom. The molecule has 0 radical (unpaired) electrons. The summed E-state index contributed by atoms with van der Waals surface area (Å²) in [7, 11) is 1.77. The molecule has 0 aromatic heterocycles. The summed E-state index contributed by atoms with van der Waals surface area (Å²) in [6, 6.07) is 0. The van der Waals surface area contributed by atoms with Crippen LogP contribution in [-0.4, -0.2) is 12.4 Å². The Hall–Kier alpha value is 0.660. The molecule has 1 aliphatic rings. The molecule has 0 aliphatic carbocycles. The minimum Gasteiger partial charge on any atom is -0.304 e. The van der Waals surface area contributed by atoms with Gasteiger partial charge in [0, 0.05) is 5.75 Å². The van der Waals surface area contributed by atoms with Crippen LogP contribution in [0, 0.1) is 0 Å². The van der Waals surface area contributed by atoms with Crippen LogP contribution in [0.15, 0.2) is 0 Å². The van der Waals surface area contributed by atoms with Gasteiger partial charge in [0.05, 0.1) is 17.7 Å². The standard InChI is InChI=1S/C2H4OS2/c1-2-4-5-3-1/h1-2H2. The van der Waals surface area contributed by atoms with Crippen molar-refractivity contribution in [2.24, 2.45) is 0 Å². The minimum atomic E-state index is 0.926. The zero-order valence-electron chi connectivity index (χ0n) is 2.64. The van der Waals surface area contributed by atoms with Crippen LogP contribution in [0.5, 0.6) is 0 Å². The van der Waals surface area contributed by atoms with Crippen molar-refractivity contribution in [3.8, 4) is 0 Å². The summed E-state index contributed by atoms with van der Waals surface area (Å²) in [5, 5.41) is 0. The molecule has 0 atom stereocenters. The van der Waals surface area contributed by atoms with Gasteiger partial charge in [-0.2, -0.15) is 0 Å². The average molecular weight is 108 g/mol. The second-order valence-corrected chi connectivity index (χ2v) is 2.84. The summed E-state index contributed by atoms with van der Waals surface area (Å²) in [5.74, 6) is 1.16. The fourth-order valence-corrected chi connectivity index (χ4v) is 1.53. The number of hydrogen-bond donors (Lipinski definition) is 0. The van der Waals surface area contributed by atoms with E-state index < -0.39 is 0 Å². The summed E-state index contributed by atoms with van der Waals surface area (Å²) in [6.45, 7) is 0.926. The van der Waals surface area contributed by atoms with Gasteiger partial charge >= 0.3 is 0 Å². The van der Waals surface area contributed by atoms with Gasteiger partial charge in [-0.1, -0.05) is 10.8 Å². The molecule has 0 aromatic rings. The Kier molecular flexibility index (Phi) is 1.50. The zero-order valence-corrected chi connectivity index (χ0v) is 4.27. The number of hydrogen-bond acceptors (Lipinski definition) is 3. The molecule has 1 rings (SSSR count). The molecule has 1 saturated heterocycles. The van der Waals surface area contributed by atoms with Crippen molar-refractivity contribution in [3.63, 3.8) is 0 Å². The van der Waals surface area contributed by atoms with E-state index in [2.05, 4.69) is 0 Å². The lowest BCUT2D eigenvalue weighted by molar-refractivity contribution is 0.420. The zero-order chi connectivity index (χ0) is 3.54. The second kappa shape index (κ2) is 1.95. The van der Waals surface area contributed by atoms with Crippen LogP contribution in [0.4, 0.5) is 0 Å². The van der Waals surface area contributed by atoms with Crippen molar-refractivity contribution in [2.45, 2.75) is 0 Å². The van der Waals surface area contributed by atoms with E-state index in [1.807, 2.05) is 0 Å². The lowest BCUT2D eigenvalue weighted by Gasteiger charge is -1.72. The molecule has 0 amide bonds. The Morgan fingerprint density at radius 3 is 2.80 bits per heavy atom. The predicted molar refractivity (Wildman–Crippen MR) is 26.0 cm³/mol. The third kappa shape index (κ3) is 1.03. The van der Waals surface area contributed by atoms with E-state index >= 15 is 0 Å². The molecular formula is C2H4OS2. The molecule has 3 heteroatoms. The second-order valence-electron chi connectivity index (χ2n) is 0.712. The first-order chi connectivity index (χ1) is 2.50. The van der Waals surface area contributed by atoms with Crippen LogP contribution in [0.1, 0.15) is 0 Å². The van der Waals surface area contributed by atoms with E-state index in [0.717, 1.165) is 12.4 Å². The van der Waals surface area contributed by atoms with Crippen molar-refractivity contribution in [1.82, 2.24) is 0 Å². The maximum absolute atomic E-state index is 4.82. The molecule has 0 spiro atoms. The fraction of sp³-hybridized carbons (Fsp3) is 1.00. The van der Waals surface area contributed by atoms with E-state index in [1.165, 1.54) is 11.1 Å². The molecule has 0 aromatic carbocycles. The summed E-state index contributed by atoms with van der Waals surface area (Å²) < 4.78 is 4.82. The maximum Gasteiger partial charge on any atom is 0.0723 e. The van der Waals surface area contributed by atoms with E-state index in [1.54, 1.807) is 10.8 Å². The van der Waals surface area contributed by atoms with Gasteiger partial charge in [-0.05, 0) is 0 Å². The SMILES string of the molecule is C1CSSO1. The van der Waals surface area contributed by atoms with Crippen molar-refractivity contribution in [1.29, 1.82) is 0 Å². The van der Waals surface area contributed by atoms with Crippen molar-refractivity contribution in [3.05, 3.63) is 0 Å². The molecule has 5 heavy (non-hydrogen) atoms. The molecule has 0 N–H and O–H groups in total. The summed E-state index contributed by atoms with van der Waals surface area (Å²) in [6.07, 6.45) is 0. The van der Waals surface area contributed by atoms with Crippen LogP contribution < -0.4 is 0 Å². The van der Waals surface area contributed by atoms with Crippen LogP contribution in [0.25, 0.3) is 0 Å². The Balaban J connectivity index is 2.08. The molecule has 0 bridgehead atoms. The van der Waals surface area contributed by atoms with Crippen molar-refractivity contribution in [2.75, 3.05) is 12.4 Å². The minimum absolute atomic E-state index is 0.926. The van der Waals surface area contributed by atoms with Crippen LogP contribution in [0.3, 0.4) is 0 Å². The first-order valence-electron chi connectivity index (χ1n) is 1.41. The highest BCUT2D eigenvalue weighted by atomic mass is 33.1. The third-order valence-corrected chi connectivity index (χ3v) is 2.12. The summed E-state index contributed by atoms with van der Waals surface area (Å²) in [4.78, 5) is 0. The molecule has 1 aliphatic heterocycles. The highest BCUT2D eigenvalue weighted by molar-refractivity contribution is 8.75. The van der Waals surface area contributed by atoms with Crippen LogP contribution >= 0.6 is 21.9 Å². The highest BCUT2D eigenvalue weighted by Gasteiger charge is 1.97. The first kappa shape index (κ1) is 3.84. The predicted octanol–water partition coefficient (Wildman–Crippen LogP) is 1.31. The van der Waals surface area contributed by atoms with Gasteiger partial charge in [-0.15, -0.1) is 0 Å². The third-order valence-electron chi connectivity index (χ3n) is 0.346. The van der Waals surface area contributed by atoms with Crippen molar-refractivity contribution >= 4 is 21.9 Å². The topological polar surface area (TPSA) is 9.23 Å². The van der Waals surface area contributed by atoms with Gasteiger partial charge in [0.25, 0.3) is 0 Å². The maximum atomic E-state index is 4.82. The number of rotatable bonds is 0. The Labute approximate surface area is 39.1 Å². The average Bonchev–Trinajstić information content (AvgIpc) is 1.76. The molecule has 1 nitrogen and oxygen atoms in total. The summed E-state index contributed by atoms with van der Waals surface area (Å²) in [5.41, 5.74) is 0. The van der Waals surface area contributed by atoms with Gasteiger partial charge < -0.3 is 4.18 Å². The largest absolute Gasteiger partial charge is 0.304 e. The van der Waals surface area contributed by atoms with E-state index in [0.29, 0.717) is 0 Å². The summed E-state index contributed by atoms with van der Waals surface area (Å²) >= 11 is 1.49. The van der Waals surface area contributed by atoms with Gasteiger partial charge in [0.15, 0.2) is 0 Å². The Bertz CT molecular complexity index is 19.2. The normalized spacial score (nSPS) is 24.0. The fourth-order valence-electron chi connectivity index (χ4n) is 0.170. The van der Waals surface area contributed by atoms with Gasteiger partial charge in [0.1, 0.15) is 0 Å². The molecule has 1 heterocycles. The van der Waals surface area contributed by atoms with Gasteiger partial charge in [-0.25, -0.2) is 0 Å². The van der Waals surface area contributed by atoms with Crippen LogP contribution in [-0.2, 0) is 4.18 Å². The smallest absolute Gasteiger partial charge is 0.0723 e. The highest BCUT2D eigenvalue weighted by Crippen LogP contribution is 2.28. The monoisotopic (exact) mass is 108 g/mol. The molecule has 0 unspecified atom stereocenters. The molecule has 30 valence electrons. The van der Waals surface area contributed by atoms with Crippen LogP contribution in [0.2, 0.25) is 0 Å². The van der Waals surface area contributed by atoms with E-state index in [9.17, 15) is 0 Å². The Morgan fingerprint density at radius 1 is 1.60 bits per heavy atom. The lowest BCUT2D eigenvalue weighted by Crippen LogP contribution is -1.74. The van der Waals surface area contributed by atoms with E-state index in [-0.39, 0.29) is 0 Å². The van der Waals surface area contributed by atoms with Crippen molar-refractivity contribution < 1.29 is 4.18 Å². The first-order valence-corrected chi connectivity index (χ1v) is 3.65. The molecule has 1 fully saturated rings. The lowest BCUT2D eigenvalue weighted by atomic mass is 10.9.